The van der Waals surface area contributed by atoms with Gasteiger partial charge in [-0.3, -0.25) is 18.9 Å². The molecule has 3 heterocycles. The van der Waals surface area contributed by atoms with Crippen LogP contribution in [0.1, 0.15) is 6.92 Å². The molecule has 0 aromatic carbocycles. The van der Waals surface area contributed by atoms with Gasteiger partial charge in [0.15, 0.2) is 11.2 Å². The summed E-state index contributed by atoms with van der Waals surface area (Å²) in [5.74, 6) is 2.18. The molecule has 1 aliphatic rings. The first-order chi connectivity index (χ1) is 11.9. The third kappa shape index (κ3) is 3.38. The largest absolute Gasteiger partial charge is 0.332 e. The molecular weight excluding hydrogens is 362 g/mol. The van der Waals surface area contributed by atoms with Gasteiger partial charge in [0.1, 0.15) is 4.38 Å². The topological polar surface area (TPSA) is 98.6 Å². The van der Waals surface area contributed by atoms with Gasteiger partial charge in [-0.05, 0) is 6.92 Å². The number of rotatable bonds is 4. The highest BCUT2D eigenvalue weighted by atomic mass is 32.2. The van der Waals surface area contributed by atoms with Gasteiger partial charge in [-0.2, -0.15) is 10.1 Å². The Morgan fingerprint density at radius 3 is 2.72 bits per heavy atom. The highest BCUT2D eigenvalue weighted by molar-refractivity contribution is 8.39. The molecule has 2 aromatic rings. The van der Waals surface area contributed by atoms with Gasteiger partial charge in [0, 0.05) is 38.4 Å². The van der Waals surface area contributed by atoms with Crippen LogP contribution in [0, 0.1) is 0 Å². The van der Waals surface area contributed by atoms with Crippen LogP contribution >= 0.6 is 23.5 Å². The lowest BCUT2D eigenvalue weighted by Crippen LogP contribution is -2.37. The van der Waals surface area contributed by atoms with E-state index in [2.05, 4.69) is 20.5 Å². The Kier molecular flexibility index (Phi) is 5.04. The lowest BCUT2D eigenvalue weighted by molar-refractivity contribution is 0.705. The van der Waals surface area contributed by atoms with Crippen LogP contribution in [0.5, 0.6) is 0 Å². The molecule has 0 atom stereocenters. The molecule has 0 radical (unpaired) electrons. The molecule has 9 nitrogen and oxygen atoms in total. The first-order valence-corrected chi connectivity index (χ1v) is 9.59. The van der Waals surface area contributed by atoms with Crippen molar-refractivity contribution in [2.24, 2.45) is 31.2 Å². The molecule has 2 aromatic heterocycles. The number of fused-ring (bicyclic) bond motifs is 1. The maximum atomic E-state index is 12.3. The second-order valence-corrected chi connectivity index (χ2v) is 7.92. The molecule has 11 heteroatoms. The molecule has 0 saturated carbocycles. The summed E-state index contributed by atoms with van der Waals surface area (Å²) in [6, 6.07) is 0. The summed E-state index contributed by atoms with van der Waals surface area (Å²) < 4.78 is 5.12. The second kappa shape index (κ2) is 7.08. The van der Waals surface area contributed by atoms with Crippen molar-refractivity contribution in [3.05, 3.63) is 20.8 Å². The zero-order valence-corrected chi connectivity index (χ0v) is 16.1. The van der Waals surface area contributed by atoms with E-state index in [4.69, 9.17) is 0 Å². The monoisotopic (exact) mass is 381 g/mol. The molecular formula is C14H19N7O2S2. The van der Waals surface area contributed by atoms with E-state index in [1.807, 2.05) is 6.92 Å². The predicted molar refractivity (Wildman–Crippen MR) is 105 cm³/mol. The van der Waals surface area contributed by atoms with Crippen molar-refractivity contribution in [2.45, 2.75) is 6.92 Å². The summed E-state index contributed by atoms with van der Waals surface area (Å²) in [6.07, 6.45) is 0. The molecule has 1 aliphatic heterocycles. The number of nitrogens with one attached hydrogen (secondary N) is 1. The Balaban J connectivity index is 1.84. The molecule has 1 N–H and O–H groups in total. The standard InChI is InChI=1S/C14H19N7O2S2/c1-8(7-25-13-15-5-6-24-13)17-18-12-16-10-9(19(12)2)11(22)21(4)14(23)20(10)3/h5-7H2,1-4H3,(H,16,18)/b17-8-. The Morgan fingerprint density at radius 2 is 2.04 bits per heavy atom. The number of aliphatic imine (C=N–C) groups is 1. The van der Waals surface area contributed by atoms with Gasteiger partial charge in [-0.1, -0.05) is 23.5 Å². The number of hydrazone groups is 1. The summed E-state index contributed by atoms with van der Waals surface area (Å²) in [7, 11) is 4.76. The first kappa shape index (κ1) is 17.8. The molecule has 0 fully saturated rings. The summed E-state index contributed by atoms with van der Waals surface area (Å²) in [5, 5.41) is 4.32. The Labute approximate surface area is 152 Å². The van der Waals surface area contributed by atoms with Crippen LogP contribution in [0.25, 0.3) is 11.2 Å². The Hall–Kier alpha value is -2.01. The zero-order chi connectivity index (χ0) is 18.1. The zero-order valence-electron chi connectivity index (χ0n) is 14.4. The van der Waals surface area contributed by atoms with Crippen molar-refractivity contribution in [3.63, 3.8) is 0 Å². The minimum absolute atomic E-state index is 0.331. The quantitative estimate of drug-likeness (QED) is 0.615. The van der Waals surface area contributed by atoms with Gasteiger partial charge >= 0.3 is 5.69 Å². The molecule has 0 amide bonds. The summed E-state index contributed by atoms with van der Waals surface area (Å²) in [4.78, 5) is 33.1. The van der Waals surface area contributed by atoms with Crippen LogP contribution < -0.4 is 16.7 Å². The molecule has 0 spiro atoms. The summed E-state index contributed by atoms with van der Waals surface area (Å²) >= 11 is 3.42. The van der Waals surface area contributed by atoms with Gasteiger partial charge in [0.25, 0.3) is 5.56 Å². The van der Waals surface area contributed by atoms with Crippen molar-refractivity contribution < 1.29 is 0 Å². The van der Waals surface area contributed by atoms with Crippen molar-refractivity contribution in [1.82, 2.24) is 18.7 Å². The van der Waals surface area contributed by atoms with Crippen LogP contribution in [-0.4, -0.2) is 46.8 Å². The Morgan fingerprint density at radius 1 is 1.28 bits per heavy atom. The number of hydrogen-bond acceptors (Lipinski definition) is 8. The number of aromatic nitrogens is 4. The summed E-state index contributed by atoms with van der Waals surface area (Å²) in [6.45, 7) is 2.80. The molecule has 0 bridgehead atoms. The van der Waals surface area contributed by atoms with E-state index in [0.29, 0.717) is 17.1 Å². The van der Waals surface area contributed by atoms with Crippen LogP contribution in [0.4, 0.5) is 5.95 Å². The minimum atomic E-state index is -0.409. The number of hydrogen-bond donors (Lipinski definition) is 1. The van der Waals surface area contributed by atoms with Crippen LogP contribution in [0.3, 0.4) is 0 Å². The molecule has 0 unspecified atom stereocenters. The van der Waals surface area contributed by atoms with Gasteiger partial charge in [0.2, 0.25) is 5.95 Å². The second-order valence-electron chi connectivity index (χ2n) is 5.62. The average molecular weight is 381 g/mol. The number of nitrogens with zero attached hydrogens (tertiary/aromatic N) is 6. The van der Waals surface area contributed by atoms with Crippen molar-refractivity contribution in [3.8, 4) is 0 Å². The van der Waals surface area contributed by atoms with E-state index in [1.165, 1.54) is 11.6 Å². The smallest absolute Gasteiger partial charge is 0.306 e. The highest BCUT2D eigenvalue weighted by Gasteiger charge is 2.16. The van der Waals surface area contributed by atoms with Crippen LogP contribution in [0.2, 0.25) is 0 Å². The third-order valence-corrected chi connectivity index (χ3v) is 6.19. The molecule has 0 aliphatic carbocycles. The fraction of sp³-hybridized carbons (Fsp3) is 0.500. The Bertz CT molecular complexity index is 999. The van der Waals surface area contributed by atoms with Crippen LogP contribution in [0.15, 0.2) is 19.7 Å². The van der Waals surface area contributed by atoms with E-state index >= 15 is 0 Å². The fourth-order valence-electron chi connectivity index (χ4n) is 2.37. The fourth-order valence-corrected chi connectivity index (χ4v) is 4.24. The number of aryl methyl sites for hydroxylation is 2. The molecule has 0 saturated heterocycles. The summed E-state index contributed by atoms with van der Waals surface area (Å²) in [5.41, 5.74) is 3.66. The van der Waals surface area contributed by atoms with Crippen molar-refractivity contribution in [1.29, 1.82) is 0 Å². The SMILES string of the molecule is C/C(CSC1=NCCS1)=N/Nc1nc2c(c(=O)n(C)c(=O)n2C)n1C. The third-order valence-electron chi connectivity index (χ3n) is 3.78. The first-order valence-electron chi connectivity index (χ1n) is 7.61. The van der Waals surface area contributed by atoms with E-state index in [9.17, 15) is 9.59 Å². The average Bonchev–Trinajstić information content (AvgIpc) is 3.22. The van der Waals surface area contributed by atoms with E-state index in [-0.39, 0.29) is 5.56 Å². The number of thioether (sulfide) groups is 2. The number of anilines is 1. The van der Waals surface area contributed by atoms with Gasteiger partial charge < -0.3 is 4.57 Å². The van der Waals surface area contributed by atoms with Crippen LogP contribution in [-0.2, 0) is 21.1 Å². The number of imidazole rings is 1. The highest BCUT2D eigenvalue weighted by Crippen LogP contribution is 2.22. The lowest BCUT2D eigenvalue weighted by Gasteiger charge is -2.04. The lowest BCUT2D eigenvalue weighted by atomic mass is 10.5. The van der Waals surface area contributed by atoms with Gasteiger partial charge in [0.05, 0.1) is 6.54 Å². The molecule has 3 rings (SSSR count). The molecule has 25 heavy (non-hydrogen) atoms. The van der Waals surface area contributed by atoms with Gasteiger partial charge in [-0.25, -0.2) is 10.2 Å². The predicted octanol–water partition coefficient (Wildman–Crippen LogP) is 0.594. The van der Waals surface area contributed by atoms with Gasteiger partial charge in [-0.15, -0.1) is 0 Å². The van der Waals surface area contributed by atoms with Crippen molar-refractivity contribution >= 4 is 50.7 Å². The normalized spacial score (nSPS) is 15.0. The van der Waals surface area contributed by atoms with E-state index < -0.39 is 5.69 Å². The van der Waals surface area contributed by atoms with E-state index in [0.717, 1.165) is 32.7 Å². The molecule has 134 valence electrons. The minimum Gasteiger partial charge on any atom is -0.306 e. The van der Waals surface area contributed by atoms with E-state index in [1.54, 1.807) is 42.2 Å². The maximum Gasteiger partial charge on any atom is 0.332 e. The maximum absolute atomic E-state index is 12.3. The van der Waals surface area contributed by atoms with Crippen molar-refractivity contribution in [2.75, 3.05) is 23.5 Å².